The van der Waals surface area contributed by atoms with Crippen molar-refractivity contribution in [2.45, 2.75) is 0 Å². The Bertz CT molecular complexity index is 1030. The van der Waals surface area contributed by atoms with Crippen LogP contribution in [0.2, 0.25) is 30.1 Å². The van der Waals surface area contributed by atoms with Crippen LogP contribution in [-0.2, 0) is 0 Å². The third kappa shape index (κ3) is 3.82. The Balaban J connectivity index is 2.17. The fraction of sp³-hybridized carbons (Fsp3) is 0. The minimum Gasteiger partial charge on any atom is -0.298 e. The van der Waals surface area contributed by atoms with Gasteiger partial charge in [-0.3, -0.25) is 9.78 Å². The van der Waals surface area contributed by atoms with E-state index in [0.29, 0.717) is 64.4 Å². The fourth-order valence-electron chi connectivity index (χ4n) is 2.39. The summed E-state index contributed by atoms with van der Waals surface area (Å²) in [7, 11) is 0. The van der Waals surface area contributed by atoms with Crippen LogP contribution in [0.5, 0.6) is 0 Å². The van der Waals surface area contributed by atoms with Gasteiger partial charge in [-0.25, -0.2) is 0 Å². The van der Waals surface area contributed by atoms with E-state index in [0.717, 1.165) is 0 Å². The first kappa shape index (κ1) is 19.8. The van der Waals surface area contributed by atoms with E-state index in [-0.39, 0.29) is 0 Å². The van der Waals surface area contributed by atoms with Crippen LogP contribution in [0.4, 0.5) is 0 Å². The number of pyridine rings is 1. The molecule has 0 fully saturated rings. The summed E-state index contributed by atoms with van der Waals surface area (Å²) in [5, 5.41) is 2.01. The molecule has 0 aliphatic carbocycles. The van der Waals surface area contributed by atoms with Crippen LogP contribution in [0.1, 0.15) is 10.4 Å². The normalized spacial score (nSPS) is 10.8. The van der Waals surface area contributed by atoms with Crippen molar-refractivity contribution < 1.29 is 4.79 Å². The summed E-state index contributed by atoms with van der Waals surface area (Å²) in [5.41, 5.74) is 2.44. The van der Waals surface area contributed by atoms with Crippen LogP contribution in [0.25, 0.3) is 22.4 Å². The smallest absolute Gasteiger partial charge is 0.150 e. The quantitative estimate of drug-likeness (QED) is 0.288. The summed E-state index contributed by atoms with van der Waals surface area (Å²) in [4.78, 5) is 16.0. The second kappa shape index (κ2) is 7.93. The van der Waals surface area contributed by atoms with Gasteiger partial charge in [0.2, 0.25) is 0 Å². The highest BCUT2D eigenvalue weighted by Crippen LogP contribution is 2.39. The van der Waals surface area contributed by atoms with Gasteiger partial charge < -0.3 is 0 Å². The van der Waals surface area contributed by atoms with E-state index in [9.17, 15) is 4.79 Å². The van der Waals surface area contributed by atoms with E-state index in [1.165, 1.54) is 18.3 Å². The van der Waals surface area contributed by atoms with Gasteiger partial charge in [0.25, 0.3) is 0 Å². The van der Waals surface area contributed by atoms with Gasteiger partial charge in [-0.1, -0.05) is 69.6 Å². The van der Waals surface area contributed by atoms with E-state index in [4.69, 9.17) is 69.6 Å². The van der Waals surface area contributed by atoms with Gasteiger partial charge in [0, 0.05) is 28.5 Å². The Morgan fingerprint density at radius 2 is 1.12 bits per heavy atom. The third-order valence-electron chi connectivity index (χ3n) is 3.65. The lowest BCUT2D eigenvalue weighted by Gasteiger charge is -2.12. The van der Waals surface area contributed by atoms with Crippen molar-refractivity contribution in [3.63, 3.8) is 0 Å². The predicted octanol–water partition coefficient (Wildman–Crippen LogP) is 8.15. The number of hydrogen-bond donors (Lipinski definition) is 0. The molecule has 0 saturated heterocycles. The molecule has 0 aliphatic rings. The largest absolute Gasteiger partial charge is 0.298 e. The number of nitrogens with zero attached hydrogens (tertiary/aromatic N) is 1. The third-order valence-corrected chi connectivity index (χ3v) is 5.72. The van der Waals surface area contributed by atoms with Crippen LogP contribution in [0.3, 0.4) is 0 Å². The van der Waals surface area contributed by atoms with Gasteiger partial charge in [-0.05, 0) is 30.3 Å². The molecule has 0 atom stereocenters. The standard InChI is InChI=1S/C18H7Cl6NO/c19-12-4-16(23)14(21)2-9(12)11-6-25-18(1-8(11)7-26)10-3-15(22)17(24)5-13(10)20/h1-7H. The summed E-state index contributed by atoms with van der Waals surface area (Å²) in [5.74, 6) is 0. The maximum atomic E-state index is 11.6. The number of carbonyl (C=O) groups excluding carboxylic acids is 1. The molecule has 0 unspecified atom stereocenters. The summed E-state index contributed by atoms with van der Waals surface area (Å²) < 4.78 is 0. The molecule has 0 aliphatic heterocycles. The molecule has 26 heavy (non-hydrogen) atoms. The molecule has 1 heterocycles. The minimum atomic E-state index is 0.319. The number of rotatable bonds is 3. The second-order valence-corrected chi connectivity index (χ2v) is 7.71. The van der Waals surface area contributed by atoms with Gasteiger partial charge in [0.1, 0.15) is 0 Å². The first-order chi connectivity index (χ1) is 12.3. The van der Waals surface area contributed by atoms with Gasteiger partial charge in [-0.2, -0.15) is 0 Å². The lowest BCUT2D eigenvalue weighted by atomic mass is 10.00. The van der Waals surface area contributed by atoms with E-state index in [2.05, 4.69) is 4.98 Å². The fourth-order valence-corrected chi connectivity index (χ4v) is 3.68. The van der Waals surface area contributed by atoms with Crippen molar-refractivity contribution in [3.05, 3.63) is 72.2 Å². The molecular formula is C18H7Cl6NO. The Morgan fingerprint density at radius 3 is 1.69 bits per heavy atom. The van der Waals surface area contributed by atoms with Crippen LogP contribution in [-0.4, -0.2) is 11.3 Å². The highest BCUT2D eigenvalue weighted by molar-refractivity contribution is 6.44. The Hall–Kier alpha value is -1.000. The second-order valence-electron chi connectivity index (χ2n) is 5.27. The first-order valence-electron chi connectivity index (χ1n) is 7.07. The highest BCUT2D eigenvalue weighted by atomic mass is 35.5. The molecule has 0 saturated carbocycles. The molecule has 0 amide bonds. The number of carbonyl (C=O) groups is 1. The van der Waals surface area contributed by atoms with Crippen LogP contribution in [0.15, 0.2) is 36.5 Å². The van der Waals surface area contributed by atoms with Crippen LogP contribution in [0, 0.1) is 0 Å². The molecule has 8 heteroatoms. The topological polar surface area (TPSA) is 30.0 Å². The number of hydrogen-bond acceptors (Lipinski definition) is 2. The van der Waals surface area contributed by atoms with Gasteiger partial charge in [0.15, 0.2) is 6.29 Å². The van der Waals surface area contributed by atoms with Crippen molar-refractivity contribution in [2.24, 2.45) is 0 Å². The molecule has 132 valence electrons. The molecule has 2 nitrogen and oxygen atoms in total. The SMILES string of the molecule is O=Cc1cc(-c2cc(Cl)c(Cl)cc2Cl)ncc1-c1cc(Cl)c(Cl)cc1Cl. The molecule has 0 N–H and O–H groups in total. The zero-order chi connectivity index (χ0) is 19.0. The summed E-state index contributed by atoms with van der Waals surface area (Å²) in [6.07, 6.45) is 2.22. The van der Waals surface area contributed by atoms with E-state index >= 15 is 0 Å². The molecule has 0 radical (unpaired) electrons. The van der Waals surface area contributed by atoms with Crippen molar-refractivity contribution in [1.82, 2.24) is 4.98 Å². The Kier molecular flexibility index (Phi) is 6.03. The molecule has 0 spiro atoms. The number of benzene rings is 2. The van der Waals surface area contributed by atoms with Crippen molar-refractivity contribution in [2.75, 3.05) is 0 Å². The predicted molar refractivity (Wildman–Crippen MR) is 111 cm³/mol. The highest BCUT2D eigenvalue weighted by Gasteiger charge is 2.15. The maximum absolute atomic E-state index is 11.6. The van der Waals surface area contributed by atoms with E-state index < -0.39 is 0 Å². The summed E-state index contributed by atoms with van der Waals surface area (Å²) >= 11 is 36.5. The van der Waals surface area contributed by atoms with Gasteiger partial charge >= 0.3 is 0 Å². The lowest BCUT2D eigenvalue weighted by molar-refractivity contribution is 0.112. The summed E-state index contributed by atoms with van der Waals surface area (Å²) in [6.45, 7) is 0. The molecule has 0 bridgehead atoms. The van der Waals surface area contributed by atoms with Gasteiger partial charge in [0.05, 0.1) is 35.8 Å². The lowest BCUT2D eigenvalue weighted by Crippen LogP contribution is -1.94. The Morgan fingerprint density at radius 1 is 0.615 bits per heavy atom. The molecule has 2 aromatic carbocycles. The van der Waals surface area contributed by atoms with Crippen LogP contribution < -0.4 is 0 Å². The van der Waals surface area contributed by atoms with Crippen molar-refractivity contribution in [1.29, 1.82) is 0 Å². The Labute approximate surface area is 179 Å². The molecule has 3 aromatic rings. The first-order valence-corrected chi connectivity index (χ1v) is 9.33. The van der Waals surface area contributed by atoms with E-state index in [1.807, 2.05) is 0 Å². The molecular weight excluding hydrogens is 459 g/mol. The maximum Gasteiger partial charge on any atom is 0.150 e. The van der Waals surface area contributed by atoms with E-state index in [1.54, 1.807) is 18.2 Å². The van der Waals surface area contributed by atoms with Crippen LogP contribution >= 0.6 is 69.6 Å². The monoisotopic (exact) mass is 463 g/mol. The van der Waals surface area contributed by atoms with Crippen molar-refractivity contribution >= 4 is 75.9 Å². The molecule has 3 rings (SSSR count). The zero-order valence-corrected chi connectivity index (χ0v) is 17.2. The minimum absolute atomic E-state index is 0.319. The van der Waals surface area contributed by atoms with Crippen molar-refractivity contribution in [3.8, 4) is 22.4 Å². The number of aldehydes is 1. The van der Waals surface area contributed by atoms with Gasteiger partial charge in [-0.15, -0.1) is 0 Å². The average Bonchev–Trinajstić information content (AvgIpc) is 2.61. The average molecular weight is 466 g/mol. The number of aromatic nitrogens is 1. The molecule has 1 aromatic heterocycles. The zero-order valence-electron chi connectivity index (χ0n) is 12.7. The summed E-state index contributed by atoms with van der Waals surface area (Å²) in [6, 6.07) is 7.80. The number of halogens is 6.